The van der Waals surface area contributed by atoms with Gasteiger partial charge in [-0.05, 0) is 57.8 Å². The van der Waals surface area contributed by atoms with Crippen LogP contribution in [0.4, 0.5) is 0 Å². The lowest BCUT2D eigenvalue weighted by atomic mass is 10.0. The lowest BCUT2D eigenvalue weighted by molar-refractivity contribution is -0.151. The minimum absolute atomic E-state index is 0.0272. The van der Waals surface area contributed by atoms with E-state index in [0.29, 0.717) is 19.3 Å². The largest absolute Gasteiger partial charge is 0.462 e. The lowest BCUT2D eigenvalue weighted by Crippen LogP contribution is -2.46. The fourth-order valence-electron chi connectivity index (χ4n) is 6.84. The van der Waals surface area contributed by atoms with Gasteiger partial charge in [0.25, 0.3) is 0 Å². The third-order valence-corrected chi connectivity index (χ3v) is 10.4. The molecule has 1 amide bonds. The van der Waals surface area contributed by atoms with Crippen LogP contribution in [0.3, 0.4) is 0 Å². The van der Waals surface area contributed by atoms with Gasteiger partial charge < -0.3 is 20.3 Å². The molecule has 6 nitrogen and oxygen atoms in total. The number of hydrogen-bond acceptors (Lipinski definition) is 5. The summed E-state index contributed by atoms with van der Waals surface area (Å²) in [4.78, 5) is 25.9. The van der Waals surface area contributed by atoms with E-state index < -0.39 is 18.2 Å². The van der Waals surface area contributed by atoms with Crippen molar-refractivity contribution in [3.8, 4) is 0 Å². The molecule has 0 aliphatic heterocycles. The first-order valence-electron chi connectivity index (χ1n) is 23.6. The van der Waals surface area contributed by atoms with Gasteiger partial charge in [-0.25, -0.2) is 0 Å². The van der Waals surface area contributed by atoms with Crippen molar-refractivity contribution in [2.45, 2.75) is 238 Å². The fraction of sp³-hybridized carbons (Fsp3) is 0.760. The summed E-state index contributed by atoms with van der Waals surface area (Å²) in [6.07, 6.45) is 52.9. The van der Waals surface area contributed by atoms with Crippen LogP contribution >= 0.6 is 0 Å². The van der Waals surface area contributed by atoms with Crippen molar-refractivity contribution >= 4 is 11.9 Å². The van der Waals surface area contributed by atoms with Crippen molar-refractivity contribution in [1.29, 1.82) is 0 Å². The number of allylic oxidation sites excluding steroid dienone is 10. The Balaban J connectivity index is 4.61. The second kappa shape index (κ2) is 43.7. The zero-order valence-corrected chi connectivity index (χ0v) is 36.8. The highest BCUT2D eigenvalue weighted by Gasteiger charge is 2.24. The summed E-state index contributed by atoms with van der Waals surface area (Å²) in [5.74, 6) is -0.556. The van der Waals surface area contributed by atoms with Crippen LogP contribution in [0, 0.1) is 0 Å². The number of unbranched alkanes of at least 4 members (excludes halogenated alkanes) is 22. The molecule has 0 aliphatic rings. The van der Waals surface area contributed by atoms with Gasteiger partial charge in [0.05, 0.1) is 25.2 Å². The number of hydrogen-bond donors (Lipinski definition) is 3. The van der Waals surface area contributed by atoms with Crippen molar-refractivity contribution in [3.05, 3.63) is 60.8 Å². The Hall–Kier alpha value is -2.44. The molecule has 0 spiro atoms. The average molecular weight is 784 g/mol. The Labute approximate surface area is 346 Å². The van der Waals surface area contributed by atoms with Gasteiger partial charge in [0.15, 0.2) is 0 Å². The highest BCUT2D eigenvalue weighted by Crippen LogP contribution is 2.17. The van der Waals surface area contributed by atoms with E-state index in [1.807, 2.05) is 36.5 Å². The van der Waals surface area contributed by atoms with Crippen molar-refractivity contribution in [3.63, 3.8) is 0 Å². The van der Waals surface area contributed by atoms with Gasteiger partial charge in [0.2, 0.25) is 5.91 Å². The van der Waals surface area contributed by atoms with E-state index in [-0.39, 0.29) is 24.9 Å². The highest BCUT2D eigenvalue weighted by atomic mass is 16.5. The second-order valence-electron chi connectivity index (χ2n) is 15.9. The Morgan fingerprint density at radius 2 is 1.02 bits per heavy atom. The van der Waals surface area contributed by atoms with Crippen LogP contribution in [0.25, 0.3) is 0 Å². The van der Waals surface area contributed by atoms with Crippen LogP contribution in [0.1, 0.15) is 220 Å². The van der Waals surface area contributed by atoms with Gasteiger partial charge in [-0.1, -0.05) is 210 Å². The molecule has 56 heavy (non-hydrogen) atoms. The maximum Gasteiger partial charge on any atom is 0.306 e. The summed E-state index contributed by atoms with van der Waals surface area (Å²) in [7, 11) is 0. The standard InChI is InChI=1S/C50H89NO5/c1-4-7-10-13-16-19-22-23-24-25-28-30-33-36-39-42-48(53)47(45-52)51-49(54)44-46(41-38-35-32-29-26-20-17-14-11-8-5-2)56-50(55)43-40-37-34-31-27-21-18-15-12-9-6-3/h8,11,14-15,17-18,20,26,29,32,46-48,52-53H,4-7,9-10,12-13,16,19,21-25,27-28,30-31,33-45H2,1-3H3,(H,51,54)/b11-8+,17-14+,18-15-,26-20-,32-29-. The molecule has 0 fully saturated rings. The molecule has 0 aromatic heterocycles. The normalized spacial score (nSPS) is 13.9. The van der Waals surface area contributed by atoms with Crippen LogP contribution in [-0.2, 0) is 14.3 Å². The van der Waals surface area contributed by atoms with Crippen molar-refractivity contribution < 1.29 is 24.5 Å². The number of ether oxygens (including phenoxy) is 1. The highest BCUT2D eigenvalue weighted by molar-refractivity contribution is 5.77. The Morgan fingerprint density at radius 3 is 1.59 bits per heavy atom. The minimum atomic E-state index is -0.806. The fourth-order valence-corrected chi connectivity index (χ4v) is 6.84. The molecule has 0 bridgehead atoms. The number of aliphatic hydroxyl groups is 2. The lowest BCUT2D eigenvalue weighted by Gasteiger charge is -2.24. The van der Waals surface area contributed by atoms with Crippen LogP contribution in [0.5, 0.6) is 0 Å². The third kappa shape index (κ3) is 38.4. The average Bonchev–Trinajstić information content (AvgIpc) is 3.19. The Bertz CT molecular complexity index is 1010. The van der Waals surface area contributed by atoms with Gasteiger partial charge >= 0.3 is 5.97 Å². The van der Waals surface area contributed by atoms with Crippen LogP contribution < -0.4 is 5.32 Å². The molecular weight excluding hydrogens is 695 g/mol. The number of rotatable bonds is 41. The molecule has 0 rings (SSSR count). The number of aliphatic hydroxyl groups excluding tert-OH is 2. The monoisotopic (exact) mass is 784 g/mol. The molecule has 0 aromatic rings. The summed E-state index contributed by atoms with van der Waals surface area (Å²) in [5.41, 5.74) is 0. The first-order chi connectivity index (χ1) is 27.5. The van der Waals surface area contributed by atoms with Crippen molar-refractivity contribution in [2.24, 2.45) is 0 Å². The second-order valence-corrected chi connectivity index (χ2v) is 15.9. The molecule has 324 valence electrons. The minimum Gasteiger partial charge on any atom is -0.462 e. The number of carbonyl (C=O) groups is 2. The zero-order valence-electron chi connectivity index (χ0n) is 36.8. The summed E-state index contributed by atoms with van der Waals surface area (Å²) < 4.78 is 5.85. The summed E-state index contributed by atoms with van der Waals surface area (Å²) in [5, 5.41) is 23.7. The number of carbonyl (C=O) groups excluding carboxylic acids is 2. The predicted molar refractivity (Wildman–Crippen MR) is 241 cm³/mol. The van der Waals surface area contributed by atoms with Gasteiger partial charge in [-0.3, -0.25) is 9.59 Å². The Kier molecular flexibility index (Phi) is 41.8. The first kappa shape index (κ1) is 53.6. The van der Waals surface area contributed by atoms with Crippen LogP contribution in [0.2, 0.25) is 0 Å². The van der Waals surface area contributed by atoms with Gasteiger partial charge in [-0.2, -0.15) is 0 Å². The number of esters is 1. The maximum absolute atomic E-state index is 13.1. The summed E-state index contributed by atoms with van der Waals surface area (Å²) in [6.45, 7) is 6.27. The predicted octanol–water partition coefficient (Wildman–Crippen LogP) is 13.7. The molecule has 6 heteroatoms. The zero-order chi connectivity index (χ0) is 41.0. The molecule has 3 unspecified atom stereocenters. The first-order valence-corrected chi connectivity index (χ1v) is 23.6. The van der Waals surface area contributed by atoms with E-state index in [4.69, 9.17) is 4.74 Å². The van der Waals surface area contributed by atoms with Gasteiger partial charge in [0.1, 0.15) is 6.10 Å². The van der Waals surface area contributed by atoms with Crippen LogP contribution in [0.15, 0.2) is 60.8 Å². The SMILES string of the molecule is CC/C=C/C=C/C=C\C=C/CCCC(CC(=O)NC(CO)C(O)CCCCCCCCCCCCCCCCC)OC(=O)CCCCCCC/C=C\CCCC. The van der Waals surface area contributed by atoms with E-state index in [1.165, 1.54) is 109 Å². The van der Waals surface area contributed by atoms with E-state index in [2.05, 4.69) is 50.4 Å². The van der Waals surface area contributed by atoms with Gasteiger partial charge in [0, 0.05) is 6.42 Å². The molecule has 0 radical (unpaired) electrons. The van der Waals surface area contributed by atoms with Gasteiger partial charge in [-0.15, -0.1) is 0 Å². The maximum atomic E-state index is 13.1. The molecule has 0 saturated heterocycles. The topological polar surface area (TPSA) is 95.9 Å². The third-order valence-electron chi connectivity index (χ3n) is 10.4. The van der Waals surface area contributed by atoms with Crippen LogP contribution in [-0.4, -0.2) is 46.9 Å². The smallest absolute Gasteiger partial charge is 0.306 e. The van der Waals surface area contributed by atoms with Crippen molar-refractivity contribution in [1.82, 2.24) is 5.32 Å². The molecule has 0 heterocycles. The molecule has 3 N–H and O–H groups in total. The number of amides is 1. The summed E-state index contributed by atoms with van der Waals surface area (Å²) in [6, 6.07) is -0.724. The molecule has 0 aromatic carbocycles. The van der Waals surface area contributed by atoms with E-state index in [9.17, 15) is 19.8 Å². The Morgan fingerprint density at radius 1 is 0.536 bits per heavy atom. The quantitative estimate of drug-likeness (QED) is 0.0248. The molecule has 3 atom stereocenters. The molecule has 0 saturated carbocycles. The molecular formula is C50H89NO5. The number of nitrogens with one attached hydrogen (secondary N) is 1. The van der Waals surface area contributed by atoms with E-state index in [1.54, 1.807) is 0 Å². The summed E-state index contributed by atoms with van der Waals surface area (Å²) >= 11 is 0. The van der Waals surface area contributed by atoms with E-state index in [0.717, 1.165) is 64.2 Å². The molecule has 0 aliphatic carbocycles. The van der Waals surface area contributed by atoms with Crippen molar-refractivity contribution in [2.75, 3.05) is 6.61 Å². The van der Waals surface area contributed by atoms with E-state index >= 15 is 0 Å².